The quantitative estimate of drug-likeness (QED) is 0.0320. The third-order valence-corrected chi connectivity index (χ3v) is 20.0. The second-order valence-corrected chi connectivity index (χ2v) is 29.2. The van der Waals surface area contributed by atoms with Gasteiger partial charge in [-0.1, -0.05) is 436 Å². The molecule has 0 aromatic carbocycles. The molecule has 91 heavy (non-hydrogen) atoms. The minimum Gasteiger partial charge on any atom is -0.466 e. The summed E-state index contributed by atoms with van der Waals surface area (Å²) in [6.45, 7) is 4.96. The molecule has 2 atom stereocenters. The van der Waals surface area contributed by atoms with Gasteiger partial charge in [0.2, 0.25) is 5.91 Å². The fourth-order valence-electron chi connectivity index (χ4n) is 13.6. The molecule has 1 amide bonds. The Morgan fingerprint density at radius 1 is 0.297 bits per heavy atom. The number of carbonyl (C=O) groups excluding carboxylic acids is 2. The van der Waals surface area contributed by atoms with Crippen LogP contribution in [0.1, 0.15) is 483 Å². The van der Waals surface area contributed by atoms with Crippen molar-refractivity contribution in [3.05, 3.63) is 24.3 Å². The molecule has 0 aromatic heterocycles. The summed E-state index contributed by atoms with van der Waals surface area (Å²) in [5, 5.41) is 23.3. The van der Waals surface area contributed by atoms with Gasteiger partial charge in [-0.15, -0.1) is 0 Å². The molecule has 0 rings (SSSR count). The number of amides is 1. The first-order valence-corrected chi connectivity index (χ1v) is 42.1. The first-order valence-electron chi connectivity index (χ1n) is 42.1. The number of esters is 1. The molecule has 0 bridgehead atoms. The molecule has 0 saturated heterocycles. The first kappa shape index (κ1) is 89.3. The second kappa shape index (κ2) is 80.8. The van der Waals surface area contributed by atoms with Gasteiger partial charge >= 0.3 is 5.97 Å². The minimum atomic E-state index is -0.843. The Kier molecular flexibility index (Phi) is 79.3. The van der Waals surface area contributed by atoms with Gasteiger partial charge in [-0.3, -0.25) is 9.59 Å². The zero-order chi connectivity index (χ0) is 65.6. The molecule has 0 aliphatic heterocycles. The summed E-state index contributed by atoms with van der Waals surface area (Å²) in [6.07, 6.45) is 105. The smallest absolute Gasteiger partial charge is 0.305 e. The van der Waals surface area contributed by atoms with Gasteiger partial charge in [-0.25, -0.2) is 0 Å². The number of hydrogen-bond donors (Lipinski definition) is 3. The molecule has 2 unspecified atom stereocenters. The van der Waals surface area contributed by atoms with E-state index in [0.717, 1.165) is 38.5 Å². The number of carbonyl (C=O) groups is 2. The van der Waals surface area contributed by atoms with E-state index in [1.54, 1.807) is 6.08 Å². The normalized spacial score (nSPS) is 12.5. The van der Waals surface area contributed by atoms with E-state index in [0.29, 0.717) is 19.4 Å². The van der Waals surface area contributed by atoms with Crippen LogP contribution in [0.3, 0.4) is 0 Å². The summed E-state index contributed by atoms with van der Waals surface area (Å²) in [5.74, 6) is -0.0352. The molecular weight excluding hydrogens is 1110 g/mol. The average molecular weight is 1280 g/mol. The van der Waals surface area contributed by atoms with Crippen molar-refractivity contribution in [2.75, 3.05) is 13.2 Å². The van der Waals surface area contributed by atoms with Crippen LogP contribution in [0.15, 0.2) is 24.3 Å². The van der Waals surface area contributed by atoms with Gasteiger partial charge in [-0.2, -0.15) is 0 Å². The van der Waals surface area contributed by atoms with Crippen molar-refractivity contribution in [1.82, 2.24) is 5.32 Å². The average Bonchev–Trinajstić information content (AvgIpc) is 3.76. The lowest BCUT2D eigenvalue weighted by Gasteiger charge is -2.20. The van der Waals surface area contributed by atoms with E-state index < -0.39 is 12.1 Å². The monoisotopic (exact) mass is 1280 g/mol. The van der Waals surface area contributed by atoms with Crippen molar-refractivity contribution in [3.63, 3.8) is 0 Å². The van der Waals surface area contributed by atoms with Gasteiger partial charge in [0.25, 0.3) is 0 Å². The number of aliphatic hydroxyl groups is 2. The molecule has 0 radical (unpaired) electrons. The van der Waals surface area contributed by atoms with E-state index in [2.05, 4.69) is 31.3 Å². The van der Waals surface area contributed by atoms with E-state index in [1.165, 1.54) is 417 Å². The fraction of sp³-hybridized carbons (Fsp3) is 0.929. The van der Waals surface area contributed by atoms with E-state index in [4.69, 9.17) is 4.74 Å². The third-order valence-electron chi connectivity index (χ3n) is 20.0. The Morgan fingerprint density at radius 3 is 0.780 bits per heavy atom. The summed E-state index contributed by atoms with van der Waals surface area (Å²) < 4.78 is 5.49. The van der Waals surface area contributed by atoms with Crippen LogP contribution in [0.5, 0.6) is 0 Å². The number of unbranched alkanes of at least 4 members (excludes halogenated alkanes) is 67. The summed E-state index contributed by atoms with van der Waals surface area (Å²) in [6, 6.07) is -0.626. The standard InChI is InChI=1S/C85H165NO5/c1-3-5-7-9-11-13-15-17-18-19-20-21-22-36-39-42-45-48-51-54-57-61-65-69-73-77-83(88)82(81-87)86-84(89)78-74-70-66-62-58-55-52-49-46-43-40-37-34-32-30-28-26-24-23-25-27-29-31-33-35-38-41-44-47-50-53-56-60-64-68-72-76-80-91-85(90)79-75-71-67-63-59-16-14-12-10-8-6-4-2/h23,25,73,77,82-83,87-88H,3-22,24,26-72,74-76,78-81H2,1-2H3,(H,86,89)/b25-23-,77-73+. The Labute approximate surface area is 571 Å². The van der Waals surface area contributed by atoms with Gasteiger partial charge in [0.15, 0.2) is 0 Å². The molecule has 6 heteroatoms. The van der Waals surface area contributed by atoms with Gasteiger partial charge in [-0.05, 0) is 57.8 Å². The predicted molar refractivity (Wildman–Crippen MR) is 403 cm³/mol. The predicted octanol–water partition coefficient (Wildman–Crippen LogP) is 28.0. The number of hydrogen-bond acceptors (Lipinski definition) is 5. The van der Waals surface area contributed by atoms with Crippen LogP contribution in [-0.2, 0) is 14.3 Å². The third kappa shape index (κ3) is 77.2. The fourth-order valence-corrected chi connectivity index (χ4v) is 13.6. The van der Waals surface area contributed by atoms with Crippen molar-refractivity contribution >= 4 is 11.9 Å². The van der Waals surface area contributed by atoms with Gasteiger partial charge < -0.3 is 20.3 Å². The maximum Gasteiger partial charge on any atom is 0.305 e. The summed E-state index contributed by atoms with van der Waals surface area (Å²) in [4.78, 5) is 24.6. The molecule has 3 N–H and O–H groups in total. The maximum atomic E-state index is 12.6. The van der Waals surface area contributed by atoms with Crippen LogP contribution >= 0.6 is 0 Å². The number of ether oxygens (including phenoxy) is 1. The minimum absolute atomic E-state index is 0.0230. The largest absolute Gasteiger partial charge is 0.466 e. The van der Waals surface area contributed by atoms with E-state index in [-0.39, 0.29) is 18.5 Å². The van der Waals surface area contributed by atoms with E-state index in [1.807, 2.05) is 6.08 Å². The van der Waals surface area contributed by atoms with Crippen molar-refractivity contribution in [2.45, 2.75) is 495 Å². The molecule has 0 fully saturated rings. The highest BCUT2D eigenvalue weighted by Gasteiger charge is 2.18. The number of allylic oxidation sites excluding steroid dienone is 3. The van der Waals surface area contributed by atoms with Gasteiger partial charge in [0.1, 0.15) is 0 Å². The van der Waals surface area contributed by atoms with Gasteiger partial charge in [0, 0.05) is 12.8 Å². The summed E-state index contributed by atoms with van der Waals surface area (Å²) in [5.41, 5.74) is 0. The van der Waals surface area contributed by atoms with Crippen LogP contribution in [0.4, 0.5) is 0 Å². The highest BCUT2D eigenvalue weighted by Crippen LogP contribution is 2.20. The second-order valence-electron chi connectivity index (χ2n) is 29.2. The molecule has 0 spiro atoms. The lowest BCUT2D eigenvalue weighted by molar-refractivity contribution is -0.143. The van der Waals surface area contributed by atoms with Crippen LogP contribution in [0.2, 0.25) is 0 Å². The van der Waals surface area contributed by atoms with Crippen molar-refractivity contribution in [1.29, 1.82) is 0 Å². The molecule has 0 heterocycles. The Balaban J connectivity index is 3.36. The van der Waals surface area contributed by atoms with Crippen LogP contribution < -0.4 is 5.32 Å². The molecule has 0 aromatic rings. The van der Waals surface area contributed by atoms with Crippen LogP contribution in [0.25, 0.3) is 0 Å². The molecule has 0 saturated carbocycles. The number of nitrogens with one attached hydrogen (secondary N) is 1. The Morgan fingerprint density at radius 2 is 0.516 bits per heavy atom. The molecule has 6 nitrogen and oxygen atoms in total. The summed E-state index contributed by atoms with van der Waals surface area (Å²) in [7, 11) is 0. The van der Waals surface area contributed by atoms with Crippen molar-refractivity contribution < 1.29 is 24.5 Å². The zero-order valence-electron chi connectivity index (χ0n) is 62.1. The van der Waals surface area contributed by atoms with Crippen molar-refractivity contribution in [3.8, 4) is 0 Å². The highest BCUT2D eigenvalue weighted by atomic mass is 16.5. The van der Waals surface area contributed by atoms with E-state index >= 15 is 0 Å². The van der Waals surface area contributed by atoms with Crippen molar-refractivity contribution in [2.24, 2.45) is 0 Å². The Hall–Kier alpha value is -1.66. The number of aliphatic hydroxyl groups excluding tert-OH is 2. The topological polar surface area (TPSA) is 95.9 Å². The highest BCUT2D eigenvalue weighted by molar-refractivity contribution is 5.76. The number of rotatable bonds is 80. The van der Waals surface area contributed by atoms with E-state index in [9.17, 15) is 19.8 Å². The van der Waals surface area contributed by atoms with Crippen LogP contribution in [0, 0.1) is 0 Å². The molecule has 540 valence electrons. The Bertz CT molecular complexity index is 1430. The zero-order valence-corrected chi connectivity index (χ0v) is 62.1. The van der Waals surface area contributed by atoms with Crippen LogP contribution in [-0.4, -0.2) is 47.4 Å². The molecule has 0 aliphatic rings. The molecular formula is C85H165NO5. The molecule has 0 aliphatic carbocycles. The SMILES string of the molecule is CCCCCCCCCCCCCCCCCCCCCCCCC/C=C/C(O)C(CO)NC(=O)CCCCCCCCCCCCCCCCCCC/C=C\CCCCCCCCCCCCCCCCCCOC(=O)CCCCCCCCCCCCCC. The lowest BCUT2D eigenvalue weighted by atomic mass is 10.0. The summed E-state index contributed by atoms with van der Waals surface area (Å²) >= 11 is 0. The lowest BCUT2D eigenvalue weighted by Crippen LogP contribution is -2.45. The maximum absolute atomic E-state index is 12.6. The van der Waals surface area contributed by atoms with Gasteiger partial charge in [0.05, 0.1) is 25.4 Å². The first-order chi connectivity index (χ1) is 45.0.